The highest BCUT2D eigenvalue weighted by Crippen LogP contribution is 2.22. The van der Waals surface area contributed by atoms with Crippen molar-refractivity contribution in [1.82, 2.24) is 4.98 Å². The van der Waals surface area contributed by atoms with E-state index in [-0.39, 0.29) is 17.8 Å². The van der Waals surface area contributed by atoms with Gasteiger partial charge < -0.3 is 5.73 Å². The fraction of sp³-hybridized carbons (Fsp3) is 0.250. The zero-order valence-corrected chi connectivity index (χ0v) is 6.97. The lowest BCUT2D eigenvalue weighted by molar-refractivity contribution is 0.145. The Morgan fingerprint density at radius 2 is 2.21 bits per heavy atom. The van der Waals surface area contributed by atoms with E-state index >= 15 is 0 Å². The number of nitriles is 1. The lowest BCUT2D eigenvalue weighted by Crippen LogP contribution is -2.06. The molecule has 1 heterocycles. The van der Waals surface area contributed by atoms with Gasteiger partial charge in [-0.3, -0.25) is 0 Å². The molecule has 0 fully saturated rings. The Labute approximate surface area is 78.0 Å². The number of rotatable bonds is 2. The van der Waals surface area contributed by atoms with E-state index in [2.05, 4.69) is 4.98 Å². The molecule has 2 N–H and O–H groups in total. The zero-order valence-electron chi connectivity index (χ0n) is 6.97. The van der Waals surface area contributed by atoms with E-state index in [1.54, 1.807) is 6.07 Å². The van der Waals surface area contributed by atoms with Crippen LogP contribution in [-0.4, -0.2) is 4.98 Å². The van der Waals surface area contributed by atoms with Crippen LogP contribution in [-0.2, 0) is 6.54 Å². The van der Waals surface area contributed by atoms with Gasteiger partial charge in [0.15, 0.2) is 0 Å². The smallest absolute Gasteiger partial charge is 0.268 e. The van der Waals surface area contributed by atoms with Crippen molar-refractivity contribution in [3.05, 3.63) is 28.8 Å². The highest BCUT2D eigenvalue weighted by molar-refractivity contribution is 5.34. The minimum Gasteiger partial charge on any atom is -0.326 e. The second kappa shape index (κ2) is 4.07. The molecule has 0 bridgehead atoms. The van der Waals surface area contributed by atoms with Gasteiger partial charge in [-0.25, -0.2) is 13.8 Å². The van der Waals surface area contributed by atoms with E-state index < -0.39 is 17.9 Å². The zero-order chi connectivity index (χ0) is 10.7. The molecule has 0 saturated carbocycles. The molecule has 1 aromatic rings. The van der Waals surface area contributed by atoms with Crippen molar-refractivity contribution in [2.24, 2.45) is 5.73 Å². The van der Waals surface area contributed by atoms with E-state index in [1.807, 2.05) is 0 Å². The summed E-state index contributed by atoms with van der Waals surface area (Å²) in [5.74, 6) is -1.33. The molecule has 0 aromatic carbocycles. The Bertz CT molecular complexity index is 383. The molecule has 74 valence electrons. The molecule has 0 aliphatic rings. The van der Waals surface area contributed by atoms with Gasteiger partial charge in [0, 0.05) is 12.1 Å². The van der Waals surface area contributed by atoms with Crippen LogP contribution in [0.5, 0.6) is 0 Å². The summed E-state index contributed by atoms with van der Waals surface area (Å²) in [5.41, 5.74) is 4.22. The van der Waals surface area contributed by atoms with E-state index in [4.69, 9.17) is 11.0 Å². The first-order valence-electron chi connectivity index (χ1n) is 3.67. The van der Waals surface area contributed by atoms with Crippen LogP contribution < -0.4 is 5.73 Å². The normalized spacial score (nSPS) is 10.3. The molecule has 1 rings (SSSR count). The summed E-state index contributed by atoms with van der Waals surface area (Å²) in [5, 5.41) is 8.48. The van der Waals surface area contributed by atoms with Gasteiger partial charge in [-0.05, 0) is 6.07 Å². The van der Waals surface area contributed by atoms with E-state index in [0.717, 1.165) is 6.07 Å². The van der Waals surface area contributed by atoms with Crippen LogP contribution in [0.3, 0.4) is 0 Å². The average Bonchev–Trinajstić information content (AvgIpc) is 2.16. The summed E-state index contributed by atoms with van der Waals surface area (Å²) >= 11 is 0. The largest absolute Gasteiger partial charge is 0.326 e. The van der Waals surface area contributed by atoms with Gasteiger partial charge >= 0.3 is 0 Å². The van der Waals surface area contributed by atoms with Crippen LogP contribution in [0.25, 0.3) is 0 Å². The summed E-state index contributed by atoms with van der Waals surface area (Å²) in [4.78, 5) is 3.10. The first-order chi connectivity index (χ1) is 6.60. The average molecular weight is 201 g/mol. The Morgan fingerprint density at radius 3 is 2.64 bits per heavy atom. The third kappa shape index (κ3) is 1.83. The van der Waals surface area contributed by atoms with Crippen LogP contribution in [0, 0.1) is 17.3 Å². The maximum atomic E-state index is 12.8. The van der Waals surface area contributed by atoms with E-state index in [1.165, 1.54) is 0 Å². The molecule has 6 heteroatoms. The molecule has 0 amide bonds. The second-order valence-corrected chi connectivity index (χ2v) is 2.49. The minimum atomic E-state index is -2.96. The predicted molar refractivity (Wildman–Crippen MR) is 41.8 cm³/mol. The monoisotopic (exact) mass is 201 g/mol. The first-order valence-corrected chi connectivity index (χ1v) is 3.67. The van der Waals surface area contributed by atoms with Crippen LogP contribution in [0.1, 0.15) is 23.2 Å². The van der Waals surface area contributed by atoms with Gasteiger partial charge in [0.1, 0.15) is 11.8 Å². The van der Waals surface area contributed by atoms with Crippen molar-refractivity contribution in [1.29, 1.82) is 5.26 Å². The molecule has 14 heavy (non-hydrogen) atoms. The molecule has 0 spiro atoms. The van der Waals surface area contributed by atoms with Gasteiger partial charge in [-0.15, -0.1) is 0 Å². The van der Waals surface area contributed by atoms with E-state index in [0.29, 0.717) is 0 Å². The standard InChI is InChI=1S/C8H6F3N3/c9-7(10)5-1-4(2-12)6(3-13)14-8(5)11/h1,7H,2,12H2. The summed E-state index contributed by atoms with van der Waals surface area (Å²) in [6.07, 6.45) is -2.96. The number of hydrogen-bond donors (Lipinski definition) is 1. The topological polar surface area (TPSA) is 62.7 Å². The van der Waals surface area contributed by atoms with Gasteiger partial charge in [-0.1, -0.05) is 0 Å². The molecule has 0 radical (unpaired) electrons. The van der Waals surface area contributed by atoms with Crippen molar-refractivity contribution < 1.29 is 13.2 Å². The number of pyridine rings is 1. The van der Waals surface area contributed by atoms with Crippen molar-refractivity contribution in [3.63, 3.8) is 0 Å². The summed E-state index contributed by atoms with van der Waals surface area (Å²) in [6.45, 7) is -0.129. The molecule has 0 saturated heterocycles. The van der Waals surface area contributed by atoms with Crippen molar-refractivity contribution in [2.75, 3.05) is 0 Å². The van der Waals surface area contributed by atoms with Gasteiger partial charge in [-0.2, -0.15) is 9.65 Å². The van der Waals surface area contributed by atoms with Crippen LogP contribution in [0.2, 0.25) is 0 Å². The van der Waals surface area contributed by atoms with Gasteiger partial charge in [0.25, 0.3) is 6.43 Å². The third-order valence-electron chi connectivity index (χ3n) is 1.64. The fourth-order valence-electron chi connectivity index (χ4n) is 0.956. The lowest BCUT2D eigenvalue weighted by Gasteiger charge is -2.05. The number of aromatic nitrogens is 1. The minimum absolute atomic E-state index is 0.115. The van der Waals surface area contributed by atoms with Crippen molar-refractivity contribution in [2.45, 2.75) is 13.0 Å². The number of alkyl halides is 2. The first kappa shape index (κ1) is 10.5. The Kier molecular flexibility index (Phi) is 3.04. The Morgan fingerprint density at radius 1 is 1.57 bits per heavy atom. The maximum absolute atomic E-state index is 12.8. The SMILES string of the molecule is N#Cc1nc(F)c(C(F)F)cc1CN. The summed E-state index contributed by atoms with van der Waals surface area (Å²) in [7, 11) is 0. The highest BCUT2D eigenvalue weighted by atomic mass is 19.3. The number of hydrogen-bond acceptors (Lipinski definition) is 3. The molecule has 0 unspecified atom stereocenters. The van der Waals surface area contributed by atoms with Crippen LogP contribution in [0.4, 0.5) is 13.2 Å². The molecule has 0 aliphatic carbocycles. The van der Waals surface area contributed by atoms with Gasteiger partial charge in [0.2, 0.25) is 5.95 Å². The van der Waals surface area contributed by atoms with Crippen LogP contribution in [0.15, 0.2) is 6.07 Å². The van der Waals surface area contributed by atoms with Crippen LogP contribution >= 0.6 is 0 Å². The third-order valence-corrected chi connectivity index (χ3v) is 1.64. The molecule has 3 nitrogen and oxygen atoms in total. The van der Waals surface area contributed by atoms with Gasteiger partial charge in [0.05, 0.1) is 5.56 Å². The molecule has 0 aliphatic heterocycles. The number of halogens is 3. The summed E-state index contributed by atoms with van der Waals surface area (Å²) < 4.78 is 37.2. The van der Waals surface area contributed by atoms with Crippen molar-refractivity contribution in [3.8, 4) is 6.07 Å². The maximum Gasteiger partial charge on any atom is 0.268 e. The predicted octanol–water partition coefficient (Wildman–Crippen LogP) is 1.49. The van der Waals surface area contributed by atoms with E-state index in [9.17, 15) is 13.2 Å². The number of nitrogens with two attached hydrogens (primary N) is 1. The second-order valence-electron chi connectivity index (χ2n) is 2.49. The molecule has 0 atom stereocenters. The number of nitrogens with zero attached hydrogens (tertiary/aromatic N) is 2. The highest BCUT2D eigenvalue weighted by Gasteiger charge is 2.17. The summed E-state index contributed by atoms with van der Waals surface area (Å²) in [6, 6.07) is 2.44. The Hall–Kier alpha value is -1.61. The molecular formula is C8H6F3N3. The lowest BCUT2D eigenvalue weighted by atomic mass is 10.1. The van der Waals surface area contributed by atoms with Crippen molar-refractivity contribution >= 4 is 0 Å². The molecule has 1 aromatic heterocycles. The fourth-order valence-corrected chi connectivity index (χ4v) is 0.956. The Balaban J connectivity index is 3.32. The molecular weight excluding hydrogens is 195 g/mol. The quantitative estimate of drug-likeness (QED) is 0.737.